The fourth-order valence-electron chi connectivity index (χ4n) is 3.68. The standard InChI is InChI=1S/C22H20N2O4S2/c1-29-20-11-23-21(30-20)18(10-19(25)26)24-22(27)28-12-17-15-8-4-2-6-13(15)14-7-3-5-9-16(14)17/h2-9,11,17-18H,10,12H2,1H3,(H,24,27)(H,25,26). The van der Waals surface area contributed by atoms with E-state index in [-0.39, 0.29) is 18.9 Å². The zero-order valence-corrected chi connectivity index (χ0v) is 17.8. The summed E-state index contributed by atoms with van der Waals surface area (Å²) in [6, 6.07) is 15.5. The first-order chi connectivity index (χ1) is 14.6. The second-order valence-corrected chi connectivity index (χ2v) is 9.01. The third kappa shape index (κ3) is 4.20. The molecule has 1 aliphatic carbocycles. The number of ether oxygens (including phenoxy) is 1. The van der Waals surface area contributed by atoms with E-state index in [1.165, 1.54) is 23.1 Å². The minimum Gasteiger partial charge on any atom is -0.481 e. The molecule has 0 aliphatic heterocycles. The molecule has 0 saturated carbocycles. The van der Waals surface area contributed by atoms with E-state index >= 15 is 0 Å². The van der Waals surface area contributed by atoms with Crippen LogP contribution < -0.4 is 5.32 Å². The Bertz CT molecular complexity index is 1040. The Hall–Kier alpha value is -2.84. The maximum absolute atomic E-state index is 12.5. The fourth-order valence-corrected chi connectivity index (χ4v) is 5.13. The Balaban J connectivity index is 1.47. The topological polar surface area (TPSA) is 88.5 Å². The number of nitrogens with zero attached hydrogens (tertiary/aromatic N) is 1. The highest BCUT2D eigenvalue weighted by Gasteiger charge is 2.29. The number of nitrogens with one attached hydrogen (secondary N) is 1. The van der Waals surface area contributed by atoms with Gasteiger partial charge in [-0.2, -0.15) is 0 Å². The zero-order chi connectivity index (χ0) is 21.1. The summed E-state index contributed by atoms with van der Waals surface area (Å²) in [5.41, 5.74) is 4.55. The molecule has 4 rings (SSSR count). The maximum atomic E-state index is 12.5. The molecule has 0 bridgehead atoms. The highest BCUT2D eigenvalue weighted by Crippen LogP contribution is 2.44. The lowest BCUT2D eigenvalue weighted by atomic mass is 9.98. The number of aromatic nitrogens is 1. The lowest BCUT2D eigenvalue weighted by Gasteiger charge is -2.17. The van der Waals surface area contributed by atoms with Crippen LogP contribution in [0.2, 0.25) is 0 Å². The zero-order valence-electron chi connectivity index (χ0n) is 16.2. The molecule has 8 heteroatoms. The number of alkyl carbamates (subject to hydrolysis) is 1. The number of fused-ring (bicyclic) bond motifs is 3. The number of carbonyl (C=O) groups excluding carboxylic acids is 1. The van der Waals surface area contributed by atoms with Gasteiger partial charge in [0, 0.05) is 5.92 Å². The molecule has 1 heterocycles. The number of hydrogen-bond donors (Lipinski definition) is 2. The highest BCUT2D eigenvalue weighted by molar-refractivity contribution is 8.00. The van der Waals surface area contributed by atoms with Crippen LogP contribution in [0.25, 0.3) is 11.1 Å². The fraction of sp³-hybridized carbons (Fsp3) is 0.227. The summed E-state index contributed by atoms with van der Waals surface area (Å²) < 4.78 is 6.49. The summed E-state index contributed by atoms with van der Waals surface area (Å²) in [4.78, 5) is 28.0. The largest absolute Gasteiger partial charge is 0.481 e. The van der Waals surface area contributed by atoms with Crippen molar-refractivity contribution in [2.24, 2.45) is 0 Å². The number of benzene rings is 2. The van der Waals surface area contributed by atoms with Crippen molar-refractivity contribution in [2.75, 3.05) is 12.9 Å². The van der Waals surface area contributed by atoms with Crippen molar-refractivity contribution in [2.45, 2.75) is 22.6 Å². The van der Waals surface area contributed by atoms with Crippen molar-refractivity contribution in [1.29, 1.82) is 0 Å². The van der Waals surface area contributed by atoms with E-state index in [0.717, 1.165) is 26.5 Å². The van der Waals surface area contributed by atoms with Crippen LogP contribution in [0.1, 0.15) is 34.5 Å². The van der Waals surface area contributed by atoms with E-state index in [2.05, 4.69) is 22.4 Å². The molecule has 1 aromatic heterocycles. The second-order valence-electron chi connectivity index (χ2n) is 6.84. The number of thioether (sulfide) groups is 1. The van der Waals surface area contributed by atoms with Gasteiger partial charge in [0.1, 0.15) is 11.6 Å². The minimum absolute atomic E-state index is 0.0518. The first kappa shape index (κ1) is 20.4. The minimum atomic E-state index is -1.01. The van der Waals surface area contributed by atoms with Gasteiger partial charge in [-0.1, -0.05) is 48.5 Å². The average Bonchev–Trinajstić information content (AvgIpc) is 3.35. The second kappa shape index (κ2) is 8.89. The van der Waals surface area contributed by atoms with Crippen LogP contribution in [0, 0.1) is 0 Å². The first-order valence-electron chi connectivity index (χ1n) is 9.40. The van der Waals surface area contributed by atoms with Gasteiger partial charge in [0.2, 0.25) is 0 Å². The van der Waals surface area contributed by atoms with Crippen LogP contribution >= 0.6 is 23.1 Å². The van der Waals surface area contributed by atoms with Crippen LogP contribution in [0.5, 0.6) is 0 Å². The molecule has 0 saturated heterocycles. The third-order valence-electron chi connectivity index (χ3n) is 5.02. The normalized spacial score (nSPS) is 13.4. The van der Waals surface area contributed by atoms with Crippen LogP contribution in [0.3, 0.4) is 0 Å². The molecule has 1 aliphatic rings. The number of carboxylic acids is 1. The van der Waals surface area contributed by atoms with E-state index < -0.39 is 18.1 Å². The van der Waals surface area contributed by atoms with E-state index in [0.29, 0.717) is 5.01 Å². The first-order valence-corrected chi connectivity index (χ1v) is 11.4. The van der Waals surface area contributed by atoms with Crippen molar-refractivity contribution in [3.63, 3.8) is 0 Å². The molecule has 1 amide bonds. The van der Waals surface area contributed by atoms with E-state index in [1.54, 1.807) is 6.20 Å². The Labute approximate surface area is 182 Å². The van der Waals surface area contributed by atoms with Crippen molar-refractivity contribution in [3.8, 4) is 11.1 Å². The van der Waals surface area contributed by atoms with Gasteiger partial charge < -0.3 is 15.2 Å². The van der Waals surface area contributed by atoms with E-state index in [9.17, 15) is 14.7 Å². The van der Waals surface area contributed by atoms with Crippen molar-refractivity contribution in [3.05, 3.63) is 70.9 Å². The Morgan fingerprint density at radius 2 is 1.80 bits per heavy atom. The van der Waals surface area contributed by atoms with Gasteiger partial charge in [-0.15, -0.1) is 23.1 Å². The molecule has 2 N–H and O–H groups in total. The number of aliphatic carboxylic acids is 1. The molecule has 2 aromatic carbocycles. The van der Waals surface area contributed by atoms with E-state index in [1.807, 2.05) is 42.7 Å². The van der Waals surface area contributed by atoms with Gasteiger partial charge in [0.15, 0.2) is 0 Å². The summed E-state index contributed by atoms with van der Waals surface area (Å²) in [5, 5.41) is 12.4. The molecule has 1 unspecified atom stereocenters. The lowest BCUT2D eigenvalue weighted by Crippen LogP contribution is -2.31. The van der Waals surface area contributed by atoms with Gasteiger partial charge in [-0.25, -0.2) is 9.78 Å². The number of thiazole rings is 1. The number of amides is 1. The SMILES string of the molecule is CSc1cnc(C(CC(=O)O)NC(=O)OCC2c3ccccc3-c3ccccc32)s1. The Kier molecular flexibility index (Phi) is 6.06. The lowest BCUT2D eigenvalue weighted by molar-refractivity contribution is -0.137. The van der Waals surface area contributed by atoms with Gasteiger partial charge in [-0.3, -0.25) is 4.79 Å². The quantitative estimate of drug-likeness (QED) is 0.507. The highest BCUT2D eigenvalue weighted by atomic mass is 32.2. The Morgan fingerprint density at radius 3 is 2.37 bits per heavy atom. The molecule has 0 fully saturated rings. The van der Waals surface area contributed by atoms with Gasteiger partial charge >= 0.3 is 12.1 Å². The van der Waals surface area contributed by atoms with Crippen molar-refractivity contribution >= 4 is 35.2 Å². The monoisotopic (exact) mass is 440 g/mol. The molecule has 154 valence electrons. The molecular formula is C22H20N2O4S2. The van der Waals surface area contributed by atoms with Gasteiger partial charge in [0.25, 0.3) is 0 Å². The van der Waals surface area contributed by atoms with Gasteiger partial charge in [-0.05, 0) is 28.5 Å². The van der Waals surface area contributed by atoms with E-state index in [4.69, 9.17) is 4.74 Å². The molecule has 30 heavy (non-hydrogen) atoms. The molecule has 0 spiro atoms. The summed E-state index contributed by atoms with van der Waals surface area (Å²) in [5.74, 6) is -1.07. The van der Waals surface area contributed by atoms with Gasteiger partial charge in [0.05, 0.1) is 22.9 Å². The molecule has 0 radical (unpaired) electrons. The van der Waals surface area contributed by atoms with Crippen LogP contribution in [0.15, 0.2) is 58.9 Å². The number of rotatable bonds is 7. The maximum Gasteiger partial charge on any atom is 0.407 e. The number of hydrogen-bond acceptors (Lipinski definition) is 6. The molecular weight excluding hydrogens is 420 g/mol. The van der Waals surface area contributed by atoms with Crippen molar-refractivity contribution < 1.29 is 19.4 Å². The van der Waals surface area contributed by atoms with Crippen molar-refractivity contribution in [1.82, 2.24) is 10.3 Å². The number of carbonyl (C=O) groups is 2. The predicted molar refractivity (Wildman–Crippen MR) is 117 cm³/mol. The Morgan fingerprint density at radius 1 is 1.17 bits per heavy atom. The summed E-state index contributed by atoms with van der Waals surface area (Å²) in [7, 11) is 0. The molecule has 6 nitrogen and oxygen atoms in total. The third-order valence-corrected chi connectivity index (χ3v) is 7.18. The number of carboxylic acid groups (broad SMARTS) is 1. The summed E-state index contributed by atoms with van der Waals surface area (Å²) in [6.45, 7) is 0.174. The summed E-state index contributed by atoms with van der Waals surface area (Å²) in [6.07, 6.45) is 2.69. The van der Waals surface area contributed by atoms with Crippen LogP contribution in [-0.2, 0) is 9.53 Å². The average molecular weight is 441 g/mol. The van der Waals surface area contributed by atoms with Crippen LogP contribution in [-0.4, -0.2) is 35.0 Å². The summed E-state index contributed by atoms with van der Waals surface area (Å²) >= 11 is 2.89. The van der Waals surface area contributed by atoms with Crippen LogP contribution in [0.4, 0.5) is 4.79 Å². The predicted octanol–water partition coefficient (Wildman–Crippen LogP) is 4.92. The smallest absolute Gasteiger partial charge is 0.407 e. The molecule has 3 aromatic rings. The molecule has 1 atom stereocenters.